The van der Waals surface area contributed by atoms with Gasteiger partial charge in [-0.25, -0.2) is 0 Å². The van der Waals surface area contributed by atoms with Crippen molar-refractivity contribution in [3.8, 4) is 0 Å². The molecule has 3 aliphatic rings. The summed E-state index contributed by atoms with van der Waals surface area (Å²) in [5.41, 5.74) is -0.557. The van der Waals surface area contributed by atoms with E-state index in [-0.39, 0.29) is 17.9 Å². The molecule has 0 radical (unpaired) electrons. The van der Waals surface area contributed by atoms with Crippen molar-refractivity contribution < 1.29 is 9.59 Å². The van der Waals surface area contributed by atoms with Crippen molar-refractivity contribution in [1.29, 1.82) is 0 Å². The highest BCUT2D eigenvalue weighted by Crippen LogP contribution is 2.36. The minimum Gasteiger partial charge on any atom is -0.340 e. The van der Waals surface area contributed by atoms with Crippen LogP contribution in [0.25, 0.3) is 0 Å². The first kappa shape index (κ1) is 14.9. The molecule has 4 heteroatoms. The van der Waals surface area contributed by atoms with Crippen LogP contribution in [0.5, 0.6) is 0 Å². The fraction of sp³-hybridized carbons (Fsp3) is 0.882. The highest BCUT2D eigenvalue weighted by Gasteiger charge is 2.51. The minimum atomic E-state index is -0.557. The lowest BCUT2D eigenvalue weighted by Crippen LogP contribution is -2.69. The van der Waals surface area contributed by atoms with E-state index >= 15 is 0 Å². The van der Waals surface area contributed by atoms with Crippen molar-refractivity contribution >= 4 is 11.8 Å². The lowest BCUT2D eigenvalue weighted by Gasteiger charge is -2.44. The lowest BCUT2D eigenvalue weighted by molar-refractivity contribution is -0.155. The van der Waals surface area contributed by atoms with E-state index in [1.165, 1.54) is 25.7 Å². The summed E-state index contributed by atoms with van der Waals surface area (Å²) in [5.74, 6) is 1.04. The third kappa shape index (κ3) is 2.69. The van der Waals surface area contributed by atoms with E-state index in [9.17, 15) is 9.59 Å². The first-order valence-electron chi connectivity index (χ1n) is 8.79. The second-order valence-electron chi connectivity index (χ2n) is 7.14. The Kier molecular flexibility index (Phi) is 4.23. The fourth-order valence-electron chi connectivity index (χ4n) is 4.53. The van der Waals surface area contributed by atoms with Gasteiger partial charge < -0.3 is 10.2 Å². The van der Waals surface area contributed by atoms with E-state index < -0.39 is 5.54 Å². The molecular formula is C17H28N2O2. The molecule has 21 heavy (non-hydrogen) atoms. The molecule has 2 saturated carbocycles. The molecule has 3 rings (SSSR count). The number of hydrogen-bond acceptors (Lipinski definition) is 2. The van der Waals surface area contributed by atoms with Gasteiger partial charge in [0.25, 0.3) is 0 Å². The number of hydrogen-bond donors (Lipinski definition) is 1. The molecule has 2 amide bonds. The number of carbonyl (C=O) groups is 2. The molecular weight excluding hydrogens is 264 g/mol. The van der Waals surface area contributed by atoms with Gasteiger partial charge in [0.2, 0.25) is 11.8 Å². The van der Waals surface area contributed by atoms with Crippen LogP contribution in [0.3, 0.4) is 0 Å². The highest BCUT2D eigenvalue weighted by molar-refractivity contribution is 6.00. The Balaban J connectivity index is 1.72. The molecule has 118 valence electrons. The maximum Gasteiger partial charge on any atom is 0.249 e. The van der Waals surface area contributed by atoms with Crippen LogP contribution in [0.1, 0.15) is 71.1 Å². The summed E-state index contributed by atoms with van der Waals surface area (Å²) in [5, 5.41) is 3.07. The summed E-state index contributed by atoms with van der Waals surface area (Å²) < 4.78 is 0. The van der Waals surface area contributed by atoms with Crippen molar-refractivity contribution in [3.05, 3.63) is 0 Å². The molecule has 1 N–H and O–H groups in total. The van der Waals surface area contributed by atoms with Crippen LogP contribution in [0, 0.1) is 5.92 Å². The lowest BCUT2D eigenvalue weighted by atomic mass is 9.89. The Morgan fingerprint density at radius 3 is 2.43 bits per heavy atom. The molecule has 0 bridgehead atoms. The van der Waals surface area contributed by atoms with Crippen molar-refractivity contribution in [1.82, 2.24) is 10.2 Å². The molecule has 2 aliphatic carbocycles. The number of nitrogens with zero attached hydrogens (tertiary/aromatic N) is 1. The first-order valence-corrected chi connectivity index (χ1v) is 8.79. The molecule has 0 aromatic carbocycles. The molecule has 1 spiro atoms. The molecule has 1 heterocycles. The smallest absolute Gasteiger partial charge is 0.249 e. The molecule has 3 fully saturated rings. The zero-order valence-electron chi connectivity index (χ0n) is 13.2. The van der Waals surface area contributed by atoms with Gasteiger partial charge in [-0.2, -0.15) is 0 Å². The fourth-order valence-corrected chi connectivity index (χ4v) is 4.53. The van der Waals surface area contributed by atoms with Gasteiger partial charge in [-0.05, 0) is 31.6 Å². The largest absolute Gasteiger partial charge is 0.340 e. The summed E-state index contributed by atoms with van der Waals surface area (Å²) >= 11 is 0. The topological polar surface area (TPSA) is 49.4 Å². The first-order chi connectivity index (χ1) is 10.2. The number of piperazine rings is 1. The Hall–Kier alpha value is -1.06. The number of carbonyl (C=O) groups excluding carboxylic acids is 2. The quantitative estimate of drug-likeness (QED) is 0.866. The normalized spacial score (nSPS) is 29.4. The number of rotatable bonds is 4. The number of nitrogens with one attached hydrogen (secondary N) is 1. The van der Waals surface area contributed by atoms with Gasteiger partial charge in [0.15, 0.2) is 0 Å². The highest BCUT2D eigenvalue weighted by atomic mass is 16.2. The second kappa shape index (κ2) is 5.98. The second-order valence-corrected chi connectivity index (χ2v) is 7.14. The monoisotopic (exact) mass is 292 g/mol. The summed E-state index contributed by atoms with van der Waals surface area (Å²) in [6, 6.07) is -0.245. The van der Waals surface area contributed by atoms with Crippen LogP contribution in [0.2, 0.25) is 0 Å². The standard InChI is InChI=1S/C17H28N2O2/c1-2-14-15(20)18-17(10-5-6-11-17)16(21)19(14)12-9-13-7-3-4-8-13/h13-14H,2-12H2,1H3,(H,18,20). The maximum absolute atomic E-state index is 13.0. The predicted octanol–water partition coefficient (Wildman–Crippen LogP) is 2.62. The number of amides is 2. The molecule has 0 aromatic heterocycles. The van der Waals surface area contributed by atoms with Crippen LogP contribution in [0.4, 0.5) is 0 Å². The van der Waals surface area contributed by atoms with Crippen molar-refractivity contribution in [2.75, 3.05) is 6.54 Å². The van der Waals surface area contributed by atoms with E-state index in [2.05, 4.69) is 5.32 Å². The average molecular weight is 292 g/mol. The van der Waals surface area contributed by atoms with Gasteiger partial charge in [0.05, 0.1) is 0 Å². The van der Waals surface area contributed by atoms with Gasteiger partial charge in [0, 0.05) is 6.54 Å². The summed E-state index contributed by atoms with van der Waals surface area (Å²) in [7, 11) is 0. The molecule has 1 atom stereocenters. The van der Waals surface area contributed by atoms with Crippen molar-refractivity contribution in [3.63, 3.8) is 0 Å². The molecule has 1 unspecified atom stereocenters. The van der Waals surface area contributed by atoms with Gasteiger partial charge >= 0.3 is 0 Å². The van der Waals surface area contributed by atoms with Crippen molar-refractivity contribution in [2.24, 2.45) is 5.92 Å². The Labute approximate surface area is 127 Å². The van der Waals surface area contributed by atoms with Crippen LogP contribution in [-0.2, 0) is 9.59 Å². The SMILES string of the molecule is CCC1C(=O)NC2(CCCC2)C(=O)N1CCC1CCCC1. The molecule has 1 aliphatic heterocycles. The molecule has 4 nitrogen and oxygen atoms in total. The van der Waals surface area contributed by atoms with E-state index in [0.717, 1.165) is 51.0 Å². The van der Waals surface area contributed by atoms with Crippen LogP contribution >= 0.6 is 0 Å². The summed E-state index contributed by atoms with van der Waals surface area (Å²) in [6.45, 7) is 2.78. The zero-order chi connectivity index (χ0) is 14.9. The van der Waals surface area contributed by atoms with Gasteiger partial charge in [0.1, 0.15) is 11.6 Å². The van der Waals surface area contributed by atoms with Crippen LogP contribution in [-0.4, -0.2) is 34.8 Å². The van der Waals surface area contributed by atoms with E-state index in [1.807, 2.05) is 11.8 Å². The maximum atomic E-state index is 13.0. The summed E-state index contributed by atoms with van der Waals surface area (Å²) in [6.07, 6.45) is 10.8. The Bertz CT molecular complexity index is 409. The zero-order valence-corrected chi connectivity index (χ0v) is 13.2. The molecule has 1 saturated heterocycles. The van der Waals surface area contributed by atoms with Crippen LogP contribution in [0.15, 0.2) is 0 Å². The molecule has 0 aromatic rings. The van der Waals surface area contributed by atoms with Gasteiger partial charge in [-0.1, -0.05) is 45.4 Å². The Morgan fingerprint density at radius 1 is 1.14 bits per heavy atom. The third-order valence-corrected chi connectivity index (χ3v) is 5.81. The van der Waals surface area contributed by atoms with Gasteiger partial charge in [-0.15, -0.1) is 0 Å². The Morgan fingerprint density at radius 2 is 1.81 bits per heavy atom. The van der Waals surface area contributed by atoms with Crippen molar-refractivity contribution in [2.45, 2.75) is 82.7 Å². The van der Waals surface area contributed by atoms with E-state index in [4.69, 9.17) is 0 Å². The third-order valence-electron chi connectivity index (χ3n) is 5.81. The predicted molar refractivity (Wildman–Crippen MR) is 81.7 cm³/mol. The van der Waals surface area contributed by atoms with E-state index in [0.29, 0.717) is 0 Å². The summed E-state index contributed by atoms with van der Waals surface area (Å²) in [4.78, 5) is 27.3. The minimum absolute atomic E-state index is 0.0745. The van der Waals surface area contributed by atoms with Crippen LogP contribution < -0.4 is 5.32 Å². The van der Waals surface area contributed by atoms with E-state index in [1.54, 1.807) is 0 Å². The average Bonchev–Trinajstić information content (AvgIpc) is 3.13. The van der Waals surface area contributed by atoms with Gasteiger partial charge in [-0.3, -0.25) is 9.59 Å².